The molecule has 0 aliphatic carbocycles. The van der Waals surface area contributed by atoms with Gasteiger partial charge >= 0.3 is 0 Å². The summed E-state index contributed by atoms with van der Waals surface area (Å²) in [5.41, 5.74) is 0.927. The van der Waals surface area contributed by atoms with Crippen molar-refractivity contribution < 1.29 is 4.74 Å². The molecule has 2 atom stereocenters. The zero-order valence-corrected chi connectivity index (χ0v) is 10.9. The van der Waals surface area contributed by atoms with Crippen molar-refractivity contribution in [2.24, 2.45) is 0 Å². The summed E-state index contributed by atoms with van der Waals surface area (Å²) in [6, 6.07) is 4.32. The molecule has 0 bridgehead atoms. The van der Waals surface area contributed by atoms with Gasteiger partial charge in [-0.1, -0.05) is 24.9 Å². The van der Waals surface area contributed by atoms with Gasteiger partial charge in [-0.25, -0.2) is 4.98 Å². The fraction of sp³-hybridized carbons (Fsp3) is 0.615. The van der Waals surface area contributed by atoms with Gasteiger partial charge in [0.1, 0.15) is 0 Å². The van der Waals surface area contributed by atoms with Crippen LogP contribution in [0.25, 0.3) is 0 Å². The molecule has 0 amide bonds. The number of anilines is 1. The lowest BCUT2D eigenvalue weighted by Gasteiger charge is -2.30. The van der Waals surface area contributed by atoms with Gasteiger partial charge < -0.3 is 10.1 Å². The summed E-state index contributed by atoms with van der Waals surface area (Å²) in [6.07, 6.45) is 6.49. The Balaban J connectivity index is 1.92. The van der Waals surface area contributed by atoms with E-state index < -0.39 is 0 Å². The van der Waals surface area contributed by atoms with E-state index in [4.69, 9.17) is 16.3 Å². The number of nitrogens with zero attached hydrogens (tertiary/aromatic N) is 1. The molecule has 94 valence electrons. The lowest BCUT2D eigenvalue weighted by atomic mass is 10.00. The second-order valence-electron chi connectivity index (χ2n) is 4.49. The Kier molecular flexibility index (Phi) is 4.63. The second kappa shape index (κ2) is 6.22. The molecule has 0 spiro atoms. The quantitative estimate of drug-likeness (QED) is 0.836. The maximum absolute atomic E-state index is 6.04. The van der Waals surface area contributed by atoms with E-state index in [1.807, 2.05) is 12.1 Å². The summed E-state index contributed by atoms with van der Waals surface area (Å²) < 4.78 is 5.73. The average Bonchev–Trinajstić information content (AvgIpc) is 2.33. The van der Waals surface area contributed by atoms with Crippen LogP contribution in [0.2, 0.25) is 5.15 Å². The Labute approximate surface area is 108 Å². The molecule has 0 saturated carbocycles. The molecule has 2 rings (SSSR count). The van der Waals surface area contributed by atoms with Gasteiger partial charge in [0.05, 0.1) is 11.8 Å². The molecule has 2 heterocycles. The molecule has 4 heteroatoms. The number of aromatic nitrogens is 1. The summed E-state index contributed by atoms with van der Waals surface area (Å²) in [5.74, 6) is 0. The molecule has 2 unspecified atom stereocenters. The Bertz CT molecular complexity index is 357. The number of rotatable bonds is 4. The third-order valence-corrected chi connectivity index (χ3v) is 3.40. The third-order valence-electron chi connectivity index (χ3n) is 3.10. The minimum Gasteiger partial charge on any atom is -0.380 e. The summed E-state index contributed by atoms with van der Waals surface area (Å²) >= 11 is 6.04. The first-order valence-corrected chi connectivity index (χ1v) is 6.66. The summed E-state index contributed by atoms with van der Waals surface area (Å²) in [6.45, 7) is 3.03. The molecule has 1 aromatic heterocycles. The fourth-order valence-corrected chi connectivity index (χ4v) is 2.42. The maximum atomic E-state index is 6.04. The molecular formula is C13H19ClN2O. The van der Waals surface area contributed by atoms with Crippen molar-refractivity contribution >= 4 is 17.3 Å². The Morgan fingerprint density at radius 2 is 2.47 bits per heavy atom. The molecular weight excluding hydrogens is 236 g/mol. The van der Waals surface area contributed by atoms with E-state index in [-0.39, 0.29) is 0 Å². The highest BCUT2D eigenvalue weighted by Crippen LogP contribution is 2.24. The Hall–Kier alpha value is -0.800. The van der Waals surface area contributed by atoms with Crippen LogP contribution in [-0.4, -0.2) is 23.7 Å². The lowest BCUT2D eigenvalue weighted by molar-refractivity contribution is 0.00597. The standard InChI is InChI=1S/C13H19ClN2O/c1-2-4-11-9-10(6-8-17-11)16-12-5-3-7-15-13(12)14/h3,5,7,10-11,16H,2,4,6,8-9H2,1H3. The monoisotopic (exact) mass is 254 g/mol. The van der Waals surface area contributed by atoms with Crippen molar-refractivity contribution in [2.75, 3.05) is 11.9 Å². The van der Waals surface area contributed by atoms with E-state index in [1.54, 1.807) is 6.20 Å². The molecule has 1 aromatic rings. The van der Waals surface area contributed by atoms with Crippen LogP contribution in [0.4, 0.5) is 5.69 Å². The predicted octanol–water partition coefficient (Wildman–Crippen LogP) is 3.49. The lowest BCUT2D eigenvalue weighted by Crippen LogP contribution is -2.34. The number of halogens is 1. The smallest absolute Gasteiger partial charge is 0.152 e. The van der Waals surface area contributed by atoms with Crippen molar-refractivity contribution in [3.63, 3.8) is 0 Å². The van der Waals surface area contributed by atoms with Gasteiger partial charge in [0.25, 0.3) is 0 Å². The second-order valence-corrected chi connectivity index (χ2v) is 4.85. The summed E-state index contributed by atoms with van der Waals surface area (Å²) in [5, 5.41) is 4.01. The molecule has 1 aliphatic rings. The topological polar surface area (TPSA) is 34.2 Å². The maximum Gasteiger partial charge on any atom is 0.152 e. The summed E-state index contributed by atoms with van der Waals surface area (Å²) in [7, 11) is 0. The van der Waals surface area contributed by atoms with E-state index in [1.165, 1.54) is 6.42 Å². The molecule has 3 nitrogen and oxygen atoms in total. The first-order valence-electron chi connectivity index (χ1n) is 6.28. The van der Waals surface area contributed by atoms with Crippen LogP contribution >= 0.6 is 11.6 Å². The number of hydrogen-bond acceptors (Lipinski definition) is 3. The van der Waals surface area contributed by atoms with Crippen molar-refractivity contribution in [1.82, 2.24) is 4.98 Å². The molecule has 1 fully saturated rings. The average molecular weight is 255 g/mol. The number of pyridine rings is 1. The zero-order valence-electron chi connectivity index (χ0n) is 10.2. The van der Waals surface area contributed by atoms with E-state index >= 15 is 0 Å². The van der Waals surface area contributed by atoms with Crippen LogP contribution in [0, 0.1) is 0 Å². The SMILES string of the molecule is CCCC1CC(Nc2cccnc2Cl)CCO1. The summed E-state index contributed by atoms with van der Waals surface area (Å²) in [4.78, 5) is 4.07. The van der Waals surface area contributed by atoms with Crippen molar-refractivity contribution in [2.45, 2.75) is 44.8 Å². The van der Waals surface area contributed by atoms with Crippen LogP contribution in [0.15, 0.2) is 18.3 Å². The normalized spacial score (nSPS) is 24.6. The van der Waals surface area contributed by atoms with Gasteiger partial charge in [0.15, 0.2) is 5.15 Å². The minimum absolute atomic E-state index is 0.390. The molecule has 1 N–H and O–H groups in total. The van der Waals surface area contributed by atoms with Gasteiger partial charge in [0, 0.05) is 18.8 Å². The van der Waals surface area contributed by atoms with E-state index in [2.05, 4.69) is 17.2 Å². The first-order chi connectivity index (χ1) is 8.29. The number of nitrogens with one attached hydrogen (secondary N) is 1. The molecule has 0 aromatic carbocycles. The highest BCUT2D eigenvalue weighted by molar-refractivity contribution is 6.31. The Morgan fingerprint density at radius 1 is 1.59 bits per heavy atom. The Morgan fingerprint density at radius 3 is 3.24 bits per heavy atom. The van der Waals surface area contributed by atoms with E-state index in [0.717, 1.165) is 31.6 Å². The number of hydrogen-bond donors (Lipinski definition) is 1. The van der Waals surface area contributed by atoms with Crippen molar-refractivity contribution in [1.29, 1.82) is 0 Å². The van der Waals surface area contributed by atoms with Gasteiger partial charge in [-0.3, -0.25) is 0 Å². The van der Waals surface area contributed by atoms with Crippen LogP contribution in [0.5, 0.6) is 0 Å². The van der Waals surface area contributed by atoms with Crippen molar-refractivity contribution in [3.05, 3.63) is 23.5 Å². The predicted molar refractivity (Wildman–Crippen MR) is 70.5 cm³/mol. The molecule has 17 heavy (non-hydrogen) atoms. The minimum atomic E-state index is 0.390. The molecule has 1 saturated heterocycles. The van der Waals surface area contributed by atoms with Crippen LogP contribution in [0.1, 0.15) is 32.6 Å². The van der Waals surface area contributed by atoms with Gasteiger partial charge in [-0.05, 0) is 31.4 Å². The third kappa shape index (κ3) is 3.58. The van der Waals surface area contributed by atoms with Gasteiger partial charge in [-0.15, -0.1) is 0 Å². The molecule has 1 aliphatic heterocycles. The molecule has 0 radical (unpaired) electrons. The first kappa shape index (κ1) is 12.7. The van der Waals surface area contributed by atoms with Crippen molar-refractivity contribution in [3.8, 4) is 0 Å². The van der Waals surface area contributed by atoms with E-state index in [0.29, 0.717) is 17.3 Å². The van der Waals surface area contributed by atoms with Gasteiger partial charge in [-0.2, -0.15) is 0 Å². The number of ether oxygens (including phenoxy) is 1. The van der Waals surface area contributed by atoms with Gasteiger partial charge in [0.2, 0.25) is 0 Å². The highest BCUT2D eigenvalue weighted by Gasteiger charge is 2.22. The zero-order chi connectivity index (χ0) is 12.1. The van der Waals surface area contributed by atoms with Crippen LogP contribution in [-0.2, 0) is 4.74 Å². The van der Waals surface area contributed by atoms with E-state index in [9.17, 15) is 0 Å². The van der Waals surface area contributed by atoms with Crippen LogP contribution < -0.4 is 5.32 Å². The highest BCUT2D eigenvalue weighted by atomic mass is 35.5. The largest absolute Gasteiger partial charge is 0.380 e. The van der Waals surface area contributed by atoms with Crippen LogP contribution in [0.3, 0.4) is 0 Å². The fourth-order valence-electron chi connectivity index (χ4n) is 2.25.